The summed E-state index contributed by atoms with van der Waals surface area (Å²) in [4.78, 5) is 21.6. The molecule has 0 saturated carbocycles. The number of aliphatic hydroxyl groups is 1. The molecule has 0 aliphatic rings. The molecule has 0 saturated heterocycles. The Hall–Kier alpha value is 1.71. The van der Waals surface area contributed by atoms with E-state index in [0.717, 1.165) is 6.42 Å². The molecule has 222 valence electrons. The molecule has 4 N–H and O–H groups in total. The van der Waals surface area contributed by atoms with Crippen molar-refractivity contribution >= 4 is 7.82 Å². The molecule has 7 heteroatoms. The third-order valence-electron chi connectivity index (χ3n) is 7.01. The van der Waals surface area contributed by atoms with Gasteiger partial charge < -0.3 is 21.2 Å². The molecule has 0 spiro atoms. The number of hydrogen-bond donors (Lipinski definition) is 4. The molecular formula is C30H66KO5P. The fourth-order valence-electron chi connectivity index (χ4n) is 4.78. The number of hydrogen-bond acceptors (Lipinski definition) is 2. The predicted octanol–water partition coefficient (Wildman–Crippen LogP) is 7.11. The Kier molecular flexibility index (Phi) is 44.0. The summed E-state index contributed by atoms with van der Waals surface area (Å²) in [5.74, 6) is 0. The van der Waals surface area contributed by atoms with Crippen molar-refractivity contribution in [1.82, 2.24) is 0 Å². The van der Waals surface area contributed by atoms with Crippen LogP contribution in [-0.4, -0.2) is 26.4 Å². The van der Waals surface area contributed by atoms with Crippen LogP contribution in [0.4, 0.5) is 0 Å². The topological polar surface area (TPSA) is 98.0 Å². The van der Waals surface area contributed by atoms with Crippen molar-refractivity contribution in [3.05, 3.63) is 0 Å². The zero-order valence-corrected chi connectivity index (χ0v) is 29.2. The van der Waals surface area contributed by atoms with Crippen LogP contribution < -0.4 is 51.4 Å². The summed E-state index contributed by atoms with van der Waals surface area (Å²) in [5, 5.41) is 8.76. The van der Waals surface area contributed by atoms with Gasteiger partial charge in [0.05, 0.1) is 0 Å². The number of aliphatic hydroxyl groups excluding tert-OH is 1. The molecule has 5 nitrogen and oxygen atoms in total. The SMILES string of the molecule is CCCCCCCCCCCCCCCCCCCCCCCCCCCCCCO.O=P(O)(O)O.[H-].[K+]. The first-order valence-corrected chi connectivity index (χ1v) is 17.4. The summed E-state index contributed by atoms with van der Waals surface area (Å²) in [6.45, 7) is 2.68. The Labute approximate surface area is 275 Å². The molecule has 0 unspecified atom stereocenters. The van der Waals surface area contributed by atoms with E-state index in [0.29, 0.717) is 6.61 Å². The minimum Gasteiger partial charge on any atom is -1.00 e. The van der Waals surface area contributed by atoms with E-state index >= 15 is 0 Å². The Balaban J connectivity index is -0.000000749. The summed E-state index contributed by atoms with van der Waals surface area (Å²) in [5.41, 5.74) is 0. The quantitative estimate of drug-likeness (QED) is 0.0452. The molecule has 0 heterocycles. The van der Waals surface area contributed by atoms with Crippen molar-refractivity contribution in [2.75, 3.05) is 6.61 Å². The van der Waals surface area contributed by atoms with E-state index in [9.17, 15) is 0 Å². The van der Waals surface area contributed by atoms with Gasteiger partial charge in [0.2, 0.25) is 0 Å². The van der Waals surface area contributed by atoms with Gasteiger partial charge in [-0.05, 0) is 6.42 Å². The average molecular weight is 577 g/mol. The zero-order chi connectivity index (χ0) is 27.0. The van der Waals surface area contributed by atoms with Crippen LogP contribution >= 0.6 is 7.82 Å². The maximum atomic E-state index is 8.88. The molecule has 37 heavy (non-hydrogen) atoms. The van der Waals surface area contributed by atoms with Gasteiger partial charge in [-0.25, -0.2) is 4.57 Å². The third kappa shape index (κ3) is 54.5. The molecule has 0 bridgehead atoms. The van der Waals surface area contributed by atoms with Crippen LogP contribution in [0.1, 0.15) is 188 Å². The molecule has 0 aliphatic heterocycles. The zero-order valence-electron chi connectivity index (χ0n) is 26.2. The monoisotopic (exact) mass is 576 g/mol. The van der Waals surface area contributed by atoms with Gasteiger partial charge in [-0.3, -0.25) is 0 Å². The van der Waals surface area contributed by atoms with Crippen LogP contribution in [0.15, 0.2) is 0 Å². The Morgan fingerprint density at radius 2 is 0.541 bits per heavy atom. The van der Waals surface area contributed by atoms with E-state index in [1.165, 1.54) is 173 Å². The van der Waals surface area contributed by atoms with Crippen LogP contribution in [0.3, 0.4) is 0 Å². The molecule has 0 fully saturated rings. The van der Waals surface area contributed by atoms with Crippen LogP contribution in [0.5, 0.6) is 0 Å². The van der Waals surface area contributed by atoms with Crippen molar-refractivity contribution in [3.63, 3.8) is 0 Å². The molecule has 0 aromatic heterocycles. The number of rotatable bonds is 28. The molecule has 0 aromatic carbocycles. The van der Waals surface area contributed by atoms with Crippen LogP contribution in [0.25, 0.3) is 0 Å². The fourth-order valence-corrected chi connectivity index (χ4v) is 4.78. The van der Waals surface area contributed by atoms with Crippen molar-refractivity contribution < 1.29 is 77.2 Å². The Morgan fingerprint density at radius 1 is 0.405 bits per heavy atom. The number of unbranched alkanes of at least 4 members (excludes halogenated alkanes) is 27. The predicted molar refractivity (Wildman–Crippen MR) is 157 cm³/mol. The fraction of sp³-hybridized carbons (Fsp3) is 1.00. The summed E-state index contributed by atoms with van der Waals surface area (Å²) in [7, 11) is -4.64. The van der Waals surface area contributed by atoms with Gasteiger partial charge in [0.25, 0.3) is 0 Å². The largest absolute Gasteiger partial charge is 1.00 e. The minimum absolute atomic E-state index is 0. The van der Waals surface area contributed by atoms with Crippen molar-refractivity contribution in [2.24, 2.45) is 0 Å². The van der Waals surface area contributed by atoms with E-state index in [2.05, 4.69) is 6.92 Å². The van der Waals surface area contributed by atoms with E-state index < -0.39 is 7.82 Å². The van der Waals surface area contributed by atoms with E-state index in [4.69, 9.17) is 24.4 Å². The second-order valence-electron chi connectivity index (χ2n) is 10.8. The van der Waals surface area contributed by atoms with Gasteiger partial charge in [0.1, 0.15) is 0 Å². The molecule has 0 atom stereocenters. The first kappa shape index (κ1) is 43.2. The molecule has 0 radical (unpaired) electrons. The molecule has 0 rings (SSSR count). The summed E-state index contributed by atoms with van der Waals surface area (Å²) in [6.07, 6.45) is 40.1. The Morgan fingerprint density at radius 3 is 0.676 bits per heavy atom. The second-order valence-corrected chi connectivity index (χ2v) is 11.8. The van der Waals surface area contributed by atoms with Gasteiger partial charge in [-0.1, -0.05) is 180 Å². The van der Waals surface area contributed by atoms with Gasteiger partial charge in [-0.2, -0.15) is 0 Å². The molecule has 0 amide bonds. The van der Waals surface area contributed by atoms with Crippen LogP contribution in [-0.2, 0) is 4.57 Å². The molecule has 0 aliphatic carbocycles. The van der Waals surface area contributed by atoms with Gasteiger partial charge in [0, 0.05) is 6.61 Å². The van der Waals surface area contributed by atoms with Crippen molar-refractivity contribution in [2.45, 2.75) is 187 Å². The van der Waals surface area contributed by atoms with Gasteiger partial charge in [-0.15, -0.1) is 0 Å². The first-order chi connectivity index (χ1) is 17.4. The summed E-state index contributed by atoms with van der Waals surface area (Å²) < 4.78 is 8.88. The minimum atomic E-state index is -4.64. The summed E-state index contributed by atoms with van der Waals surface area (Å²) >= 11 is 0. The Bertz CT molecular complexity index is 405. The average Bonchev–Trinajstić information content (AvgIpc) is 2.82. The smallest absolute Gasteiger partial charge is 1.00 e. The van der Waals surface area contributed by atoms with Gasteiger partial charge in [0.15, 0.2) is 0 Å². The van der Waals surface area contributed by atoms with E-state index in [1.54, 1.807) is 0 Å². The second kappa shape index (κ2) is 37.7. The van der Waals surface area contributed by atoms with E-state index in [1.807, 2.05) is 0 Å². The molecule has 0 aromatic rings. The maximum absolute atomic E-state index is 8.88. The maximum Gasteiger partial charge on any atom is 1.00 e. The van der Waals surface area contributed by atoms with Crippen molar-refractivity contribution in [3.8, 4) is 0 Å². The molecular weight excluding hydrogens is 510 g/mol. The standard InChI is InChI=1S/C30H62O.K.H3O4P.H/c1-2-3-4-5-6-7-8-9-10-11-12-13-14-15-16-17-18-19-20-21-22-23-24-25-26-27-28-29-30-31;;1-5(2,3)4;/h31H,2-30H2,1H3;;(H3,1,2,3,4);/q;+1;;-1. The normalized spacial score (nSPS) is 11.2. The van der Waals surface area contributed by atoms with Crippen LogP contribution in [0.2, 0.25) is 0 Å². The first-order valence-electron chi connectivity index (χ1n) is 15.8. The van der Waals surface area contributed by atoms with E-state index in [-0.39, 0.29) is 52.8 Å². The van der Waals surface area contributed by atoms with Gasteiger partial charge >= 0.3 is 59.2 Å². The third-order valence-corrected chi connectivity index (χ3v) is 7.01. The summed E-state index contributed by atoms with van der Waals surface area (Å²) in [6, 6.07) is 0. The van der Waals surface area contributed by atoms with Crippen molar-refractivity contribution in [1.29, 1.82) is 0 Å². The number of phosphoric acid groups is 1. The van der Waals surface area contributed by atoms with Crippen LogP contribution in [0, 0.1) is 0 Å².